The Morgan fingerprint density at radius 3 is 2.53 bits per heavy atom. The van der Waals surface area contributed by atoms with E-state index in [2.05, 4.69) is 25.5 Å². The first kappa shape index (κ1) is 21.2. The van der Waals surface area contributed by atoms with Gasteiger partial charge in [0.2, 0.25) is 5.95 Å². The molecule has 4 rings (SSSR count). The highest BCUT2D eigenvalue weighted by molar-refractivity contribution is 5.94. The minimum Gasteiger partial charge on any atom is -0.378 e. The third kappa shape index (κ3) is 4.99. The summed E-state index contributed by atoms with van der Waals surface area (Å²) in [6, 6.07) is 16.0. The number of hydrogen-bond donors (Lipinski definition) is 2. The van der Waals surface area contributed by atoms with Crippen molar-refractivity contribution in [3.8, 4) is 17.3 Å². The average Bonchev–Trinajstić information content (AvgIpc) is 2.85. The van der Waals surface area contributed by atoms with Crippen LogP contribution in [0.25, 0.3) is 11.3 Å². The number of nitriles is 1. The Labute approximate surface area is 184 Å². The average molecular weight is 432 g/mol. The van der Waals surface area contributed by atoms with Crippen LogP contribution in [0.3, 0.4) is 0 Å². The smallest absolute Gasteiger partial charge is 0.252 e. The molecule has 0 saturated carbocycles. The molecule has 2 N–H and O–H groups in total. The summed E-state index contributed by atoms with van der Waals surface area (Å²) < 4.78 is 19.8. The van der Waals surface area contributed by atoms with Crippen LogP contribution in [0, 0.1) is 17.1 Å². The summed E-state index contributed by atoms with van der Waals surface area (Å²) >= 11 is 0. The van der Waals surface area contributed by atoms with E-state index >= 15 is 0 Å². The summed E-state index contributed by atoms with van der Waals surface area (Å²) in [5.74, 6) is -0.680. The Balaban J connectivity index is 1.48. The maximum atomic E-state index is 14.4. The van der Waals surface area contributed by atoms with E-state index in [4.69, 9.17) is 10.00 Å². The first-order valence-corrected chi connectivity index (χ1v) is 10.1. The van der Waals surface area contributed by atoms with Crippen molar-refractivity contribution < 1.29 is 13.9 Å². The molecule has 2 heterocycles. The summed E-state index contributed by atoms with van der Waals surface area (Å²) in [7, 11) is 0. The molecule has 9 heteroatoms. The zero-order valence-electron chi connectivity index (χ0n) is 17.2. The van der Waals surface area contributed by atoms with Crippen molar-refractivity contribution in [1.29, 1.82) is 5.26 Å². The SMILES string of the molecule is N#CCNC(=O)c1ccc(-c2nc(Nc3ccc(N4CCOCC4)cc3)ncc2F)cc1. The number of morpholine rings is 1. The normalized spacial score (nSPS) is 13.3. The molecular weight excluding hydrogens is 411 g/mol. The highest BCUT2D eigenvalue weighted by Gasteiger charge is 2.13. The fourth-order valence-electron chi connectivity index (χ4n) is 3.34. The van der Waals surface area contributed by atoms with E-state index in [1.807, 2.05) is 30.3 Å². The quantitative estimate of drug-likeness (QED) is 0.577. The number of carbonyl (C=O) groups is 1. The number of ether oxygens (including phenoxy) is 1. The van der Waals surface area contributed by atoms with Crippen LogP contribution in [0.4, 0.5) is 21.7 Å². The zero-order valence-corrected chi connectivity index (χ0v) is 17.2. The Morgan fingerprint density at radius 1 is 1.12 bits per heavy atom. The number of aromatic nitrogens is 2. The summed E-state index contributed by atoms with van der Waals surface area (Å²) in [6.45, 7) is 3.07. The lowest BCUT2D eigenvalue weighted by Crippen LogP contribution is -2.36. The summed E-state index contributed by atoms with van der Waals surface area (Å²) in [4.78, 5) is 22.5. The maximum Gasteiger partial charge on any atom is 0.252 e. The van der Waals surface area contributed by atoms with Crippen LogP contribution in [-0.4, -0.2) is 48.7 Å². The van der Waals surface area contributed by atoms with Gasteiger partial charge in [-0.05, 0) is 36.4 Å². The molecule has 0 radical (unpaired) electrons. The van der Waals surface area contributed by atoms with Crippen molar-refractivity contribution in [1.82, 2.24) is 15.3 Å². The summed E-state index contributed by atoms with van der Waals surface area (Å²) in [5.41, 5.74) is 2.89. The van der Waals surface area contributed by atoms with Crippen molar-refractivity contribution in [3.63, 3.8) is 0 Å². The van der Waals surface area contributed by atoms with Gasteiger partial charge in [0.05, 0.1) is 25.5 Å². The molecule has 1 fully saturated rings. The van der Waals surface area contributed by atoms with Crippen molar-refractivity contribution in [2.45, 2.75) is 0 Å². The van der Waals surface area contributed by atoms with Gasteiger partial charge in [0.1, 0.15) is 12.2 Å². The highest BCUT2D eigenvalue weighted by atomic mass is 19.1. The molecule has 0 aliphatic carbocycles. The van der Waals surface area contributed by atoms with Gasteiger partial charge in [-0.25, -0.2) is 14.4 Å². The van der Waals surface area contributed by atoms with E-state index in [0.29, 0.717) is 11.1 Å². The maximum absolute atomic E-state index is 14.4. The monoisotopic (exact) mass is 432 g/mol. The second-order valence-electron chi connectivity index (χ2n) is 7.08. The van der Waals surface area contributed by atoms with Crippen LogP contribution in [0.1, 0.15) is 10.4 Å². The predicted octanol–water partition coefficient (Wildman–Crippen LogP) is 3.12. The number of hydrogen-bond acceptors (Lipinski definition) is 7. The van der Waals surface area contributed by atoms with E-state index in [9.17, 15) is 9.18 Å². The first-order valence-electron chi connectivity index (χ1n) is 10.1. The number of anilines is 3. The zero-order chi connectivity index (χ0) is 22.3. The Hall–Kier alpha value is -4.03. The number of benzene rings is 2. The van der Waals surface area contributed by atoms with Gasteiger partial charge in [-0.3, -0.25) is 4.79 Å². The number of rotatable bonds is 6. The Bertz CT molecular complexity index is 1120. The van der Waals surface area contributed by atoms with Gasteiger partial charge in [-0.1, -0.05) is 12.1 Å². The molecule has 3 aromatic rings. The van der Waals surface area contributed by atoms with Gasteiger partial charge < -0.3 is 20.3 Å². The van der Waals surface area contributed by atoms with Crippen LogP contribution in [0.5, 0.6) is 0 Å². The molecule has 162 valence electrons. The fourth-order valence-corrected chi connectivity index (χ4v) is 3.34. The highest BCUT2D eigenvalue weighted by Crippen LogP contribution is 2.24. The van der Waals surface area contributed by atoms with Gasteiger partial charge >= 0.3 is 0 Å². The third-order valence-electron chi connectivity index (χ3n) is 4.99. The second kappa shape index (κ2) is 9.85. The minimum absolute atomic E-state index is 0.0798. The van der Waals surface area contributed by atoms with Gasteiger partial charge in [0.25, 0.3) is 5.91 Å². The van der Waals surface area contributed by atoms with Crippen LogP contribution in [-0.2, 0) is 4.74 Å². The second-order valence-corrected chi connectivity index (χ2v) is 7.08. The third-order valence-corrected chi connectivity index (χ3v) is 4.99. The minimum atomic E-state index is -0.570. The van der Waals surface area contributed by atoms with E-state index in [0.717, 1.165) is 43.9 Å². The molecular formula is C23H21FN6O2. The molecule has 1 amide bonds. The molecule has 2 aromatic carbocycles. The molecule has 0 spiro atoms. The van der Waals surface area contributed by atoms with E-state index in [1.54, 1.807) is 24.3 Å². The van der Waals surface area contributed by atoms with Crippen molar-refractivity contribution in [2.75, 3.05) is 43.1 Å². The van der Waals surface area contributed by atoms with Gasteiger partial charge in [0.15, 0.2) is 5.82 Å². The van der Waals surface area contributed by atoms with Crippen molar-refractivity contribution in [2.24, 2.45) is 0 Å². The standard InChI is InChI=1S/C23H21FN6O2/c24-20-15-27-23(28-18-5-7-19(8-6-18)30-11-13-32-14-12-30)29-21(20)16-1-3-17(4-2-16)22(31)26-10-9-25/h1-8,15H,10-14H2,(H,26,31)(H,27,28,29). The fraction of sp³-hybridized carbons (Fsp3) is 0.217. The number of nitrogens with zero attached hydrogens (tertiary/aromatic N) is 4. The lowest BCUT2D eigenvalue weighted by Gasteiger charge is -2.28. The molecule has 0 bridgehead atoms. The van der Waals surface area contributed by atoms with Gasteiger partial charge in [-0.2, -0.15) is 5.26 Å². The molecule has 1 aromatic heterocycles. The topological polar surface area (TPSA) is 103 Å². The van der Waals surface area contributed by atoms with E-state index in [-0.39, 0.29) is 24.1 Å². The summed E-state index contributed by atoms with van der Waals surface area (Å²) in [5, 5.41) is 14.1. The number of amides is 1. The van der Waals surface area contributed by atoms with Crippen molar-refractivity contribution >= 4 is 23.2 Å². The van der Waals surface area contributed by atoms with Crippen LogP contribution < -0.4 is 15.5 Å². The van der Waals surface area contributed by atoms with Crippen LogP contribution in [0.2, 0.25) is 0 Å². The number of halogens is 1. The van der Waals surface area contributed by atoms with Gasteiger partial charge in [0, 0.05) is 35.6 Å². The molecule has 1 aliphatic heterocycles. The molecule has 8 nitrogen and oxygen atoms in total. The number of carbonyl (C=O) groups excluding carboxylic acids is 1. The predicted molar refractivity (Wildman–Crippen MR) is 118 cm³/mol. The van der Waals surface area contributed by atoms with Gasteiger partial charge in [-0.15, -0.1) is 0 Å². The van der Waals surface area contributed by atoms with E-state index < -0.39 is 5.82 Å². The summed E-state index contributed by atoms with van der Waals surface area (Å²) in [6.07, 6.45) is 1.11. The van der Waals surface area contributed by atoms with Crippen molar-refractivity contribution in [3.05, 3.63) is 66.1 Å². The molecule has 32 heavy (non-hydrogen) atoms. The largest absolute Gasteiger partial charge is 0.378 e. The molecule has 1 saturated heterocycles. The lowest BCUT2D eigenvalue weighted by molar-refractivity contribution is 0.0958. The van der Waals surface area contributed by atoms with Crippen LogP contribution in [0.15, 0.2) is 54.7 Å². The first-order chi connectivity index (χ1) is 15.6. The lowest BCUT2D eigenvalue weighted by atomic mass is 10.1. The molecule has 0 unspecified atom stereocenters. The Kier molecular flexibility index (Phi) is 6.53. The Morgan fingerprint density at radius 2 is 1.84 bits per heavy atom. The van der Waals surface area contributed by atoms with E-state index in [1.165, 1.54) is 0 Å². The van der Waals surface area contributed by atoms with Crippen LogP contribution >= 0.6 is 0 Å². The number of nitrogens with one attached hydrogen (secondary N) is 2. The molecule has 1 aliphatic rings. The molecule has 0 atom stereocenters.